The van der Waals surface area contributed by atoms with E-state index in [2.05, 4.69) is 16.0 Å². The maximum Gasteiger partial charge on any atom is 0.310 e. The molecule has 0 saturated carbocycles. The number of para-hydroxylation sites is 2. The highest BCUT2D eigenvalue weighted by atomic mass is 16.5. The minimum atomic E-state index is -1.03. The summed E-state index contributed by atoms with van der Waals surface area (Å²) >= 11 is 0. The lowest BCUT2D eigenvalue weighted by Gasteiger charge is -2.25. The standard InChI is InChI=1S/C18H23N3O6/c1-3-8-19-17(24)11(2)20-15(22)10-26-16(23)9-14-18(25)21-12-6-4-5-7-13(12)27-14/h4-7,11,14H,3,8-10H2,1-2H3,(H,19,24)(H,20,22)(H,21,25)/t11-,14+/m0/s1. The fraction of sp³-hybridized carbons (Fsp3) is 0.444. The van der Waals surface area contributed by atoms with Crippen LogP contribution in [-0.4, -0.2) is 49.0 Å². The van der Waals surface area contributed by atoms with Gasteiger partial charge in [-0.3, -0.25) is 19.2 Å². The average molecular weight is 377 g/mol. The van der Waals surface area contributed by atoms with E-state index in [0.717, 1.165) is 6.42 Å². The van der Waals surface area contributed by atoms with E-state index in [0.29, 0.717) is 18.0 Å². The molecule has 1 aliphatic rings. The zero-order chi connectivity index (χ0) is 19.8. The molecule has 9 nitrogen and oxygen atoms in total. The molecule has 146 valence electrons. The Hall–Kier alpha value is -3.10. The number of hydrogen-bond donors (Lipinski definition) is 3. The second-order valence-electron chi connectivity index (χ2n) is 6.04. The smallest absolute Gasteiger partial charge is 0.310 e. The lowest BCUT2D eigenvalue weighted by Crippen LogP contribution is -2.46. The van der Waals surface area contributed by atoms with Crippen molar-refractivity contribution in [3.63, 3.8) is 0 Å². The number of carbonyl (C=O) groups is 4. The van der Waals surface area contributed by atoms with Crippen LogP contribution in [0.2, 0.25) is 0 Å². The van der Waals surface area contributed by atoms with Gasteiger partial charge >= 0.3 is 5.97 Å². The highest BCUT2D eigenvalue weighted by Crippen LogP contribution is 2.29. The number of hydrogen-bond acceptors (Lipinski definition) is 6. The van der Waals surface area contributed by atoms with Crippen molar-refractivity contribution >= 4 is 29.4 Å². The second kappa shape index (κ2) is 9.56. The molecule has 2 atom stereocenters. The fourth-order valence-corrected chi connectivity index (χ4v) is 2.33. The molecule has 9 heteroatoms. The third-order valence-corrected chi connectivity index (χ3v) is 3.74. The van der Waals surface area contributed by atoms with Gasteiger partial charge in [0, 0.05) is 6.54 Å². The maximum atomic E-state index is 12.0. The fourth-order valence-electron chi connectivity index (χ4n) is 2.33. The molecule has 0 saturated heterocycles. The van der Waals surface area contributed by atoms with Crippen LogP contribution in [0.3, 0.4) is 0 Å². The van der Waals surface area contributed by atoms with Gasteiger partial charge in [0.05, 0.1) is 12.1 Å². The van der Waals surface area contributed by atoms with Gasteiger partial charge in [0.25, 0.3) is 11.8 Å². The third kappa shape index (κ3) is 5.98. The number of fused-ring (bicyclic) bond motifs is 1. The van der Waals surface area contributed by atoms with Gasteiger partial charge in [-0.05, 0) is 25.5 Å². The van der Waals surface area contributed by atoms with Crippen molar-refractivity contribution in [1.82, 2.24) is 10.6 Å². The first kappa shape index (κ1) is 20.2. The first-order valence-corrected chi connectivity index (χ1v) is 8.70. The van der Waals surface area contributed by atoms with E-state index < -0.39 is 36.5 Å². The highest BCUT2D eigenvalue weighted by Gasteiger charge is 2.30. The van der Waals surface area contributed by atoms with E-state index in [9.17, 15) is 19.2 Å². The number of nitrogens with one attached hydrogen (secondary N) is 3. The monoisotopic (exact) mass is 377 g/mol. The number of rotatable bonds is 8. The molecule has 0 bridgehead atoms. The number of anilines is 1. The molecule has 0 fully saturated rings. The number of carbonyl (C=O) groups excluding carboxylic acids is 4. The molecule has 0 unspecified atom stereocenters. The Balaban J connectivity index is 1.75. The van der Waals surface area contributed by atoms with Crippen molar-refractivity contribution in [1.29, 1.82) is 0 Å². The van der Waals surface area contributed by atoms with Gasteiger partial charge < -0.3 is 25.4 Å². The van der Waals surface area contributed by atoms with Crippen LogP contribution in [0.1, 0.15) is 26.7 Å². The predicted octanol–water partition coefficient (Wildman–Crippen LogP) is 0.350. The summed E-state index contributed by atoms with van der Waals surface area (Å²) in [5, 5.41) is 7.72. The van der Waals surface area contributed by atoms with Crippen molar-refractivity contribution in [2.45, 2.75) is 38.8 Å². The van der Waals surface area contributed by atoms with Crippen molar-refractivity contribution < 1.29 is 28.7 Å². The number of benzene rings is 1. The van der Waals surface area contributed by atoms with E-state index in [1.165, 1.54) is 6.92 Å². The van der Waals surface area contributed by atoms with Gasteiger partial charge in [-0.25, -0.2) is 0 Å². The summed E-state index contributed by atoms with van der Waals surface area (Å²) < 4.78 is 10.4. The highest BCUT2D eigenvalue weighted by molar-refractivity contribution is 5.99. The van der Waals surface area contributed by atoms with Crippen LogP contribution in [0, 0.1) is 0 Å². The zero-order valence-corrected chi connectivity index (χ0v) is 15.2. The van der Waals surface area contributed by atoms with E-state index >= 15 is 0 Å². The minimum absolute atomic E-state index is 0.317. The summed E-state index contributed by atoms with van der Waals surface area (Å²) in [6.07, 6.45) is -0.583. The SMILES string of the molecule is CCCNC(=O)[C@H](C)NC(=O)COC(=O)C[C@H]1Oc2ccccc2NC1=O. The second-order valence-corrected chi connectivity index (χ2v) is 6.04. The zero-order valence-electron chi connectivity index (χ0n) is 15.2. The Labute approximate surface area is 156 Å². The predicted molar refractivity (Wildman–Crippen MR) is 96.0 cm³/mol. The molecule has 2 rings (SSSR count). The van der Waals surface area contributed by atoms with Gasteiger partial charge in [0.2, 0.25) is 5.91 Å². The first-order valence-electron chi connectivity index (χ1n) is 8.70. The maximum absolute atomic E-state index is 12.0. The van der Waals surface area contributed by atoms with Crippen LogP contribution in [-0.2, 0) is 23.9 Å². The topological polar surface area (TPSA) is 123 Å². The van der Waals surface area contributed by atoms with Crippen LogP contribution in [0.25, 0.3) is 0 Å². The van der Waals surface area contributed by atoms with Crippen molar-refractivity contribution in [2.75, 3.05) is 18.5 Å². The summed E-state index contributed by atoms with van der Waals surface area (Å²) in [5.41, 5.74) is 0.529. The van der Waals surface area contributed by atoms with Gasteiger partial charge in [-0.1, -0.05) is 19.1 Å². The van der Waals surface area contributed by atoms with Crippen LogP contribution >= 0.6 is 0 Å². The summed E-state index contributed by atoms with van der Waals surface area (Å²) in [6.45, 7) is 3.41. The van der Waals surface area contributed by atoms with E-state index in [-0.39, 0.29) is 12.3 Å². The molecule has 1 aromatic rings. The molecular weight excluding hydrogens is 354 g/mol. The van der Waals surface area contributed by atoms with Crippen molar-refractivity contribution in [2.24, 2.45) is 0 Å². The molecule has 1 aliphatic heterocycles. The Bertz CT molecular complexity index is 721. The molecular formula is C18H23N3O6. The Morgan fingerprint density at radius 2 is 2.04 bits per heavy atom. The largest absolute Gasteiger partial charge is 0.478 e. The van der Waals surface area contributed by atoms with Crippen LogP contribution in [0.15, 0.2) is 24.3 Å². The molecule has 0 spiro atoms. The average Bonchev–Trinajstić information content (AvgIpc) is 2.65. The number of amides is 3. The van der Waals surface area contributed by atoms with Gasteiger partial charge in [-0.15, -0.1) is 0 Å². The van der Waals surface area contributed by atoms with Crippen LogP contribution < -0.4 is 20.7 Å². The summed E-state index contributed by atoms with van der Waals surface area (Å²) in [4.78, 5) is 47.3. The summed E-state index contributed by atoms with van der Waals surface area (Å²) in [7, 11) is 0. The lowest BCUT2D eigenvalue weighted by atomic mass is 10.1. The molecule has 27 heavy (non-hydrogen) atoms. The van der Waals surface area contributed by atoms with E-state index in [1.807, 2.05) is 6.92 Å². The summed E-state index contributed by atoms with van der Waals surface area (Å²) in [5.74, 6) is -1.69. The molecule has 1 heterocycles. The normalized spacial score (nSPS) is 16.2. The Morgan fingerprint density at radius 3 is 2.78 bits per heavy atom. The molecule has 0 aromatic heterocycles. The lowest BCUT2D eigenvalue weighted by molar-refractivity contribution is -0.151. The number of esters is 1. The molecule has 1 aromatic carbocycles. The van der Waals surface area contributed by atoms with Crippen molar-refractivity contribution in [3.05, 3.63) is 24.3 Å². The quantitative estimate of drug-likeness (QED) is 0.562. The van der Waals surface area contributed by atoms with Gasteiger partial charge in [0.15, 0.2) is 12.7 Å². The first-order chi connectivity index (χ1) is 12.9. The van der Waals surface area contributed by atoms with Crippen LogP contribution in [0.4, 0.5) is 5.69 Å². The molecule has 3 amide bonds. The molecule has 3 N–H and O–H groups in total. The van der Waals surface area contributed by atoms with E-state index in [1.54, 1.807) is 24.3 Å². The van der Waals surface area contributed by atoms with Crippen molar-refractivity contribution in [3.8, 4) is 5.75 Å². The molecule has 0 aliphatic carbocycles. The van der Waals surface area contributed by atoms with E-state index in [4.69, 9.17) is 9.47 Å². The van der Waals surface area contributed by atoms with Gasteiger partial charge in [-0.2, -0.15) is 0 Å². The minimum Gasteiger partial charge on any atom is -0.478 e. The third-order valence-electron chi connectivity index (χ3n) is 3.74. The molecule has 0 radical (unpaired) electrons. The Morgan fingerprint density at radius 1 is 1.30 bits per heavy atom. The Kier molecular flexibility index (Phi) is 7.16. The summed E-state index contributed by atoms with van der Waals surface area (Å²) in [6, 6.07) is 6.11. The van der Waals surface area contributed by atoms with Crippen LogP contribution in [0.5, 0.6) is 5.75 Å². The van der Waals surface area contributed by atoms with Gasteiger partial charge in [0.1, 0.15) is 11.8 Å². The number of ether oxygens (including phenoxy) is 2.